The molecule has 18 heavy (non-hydrogen) atoms. The van der Waals surface area contributed by atoms with Gasteiger partial charge in [-0.3, -0.25) is 4.79 Å². The maximum Gasteiger partial charge on any atom is 0.236 e. The summed E-state index contributed by atoms with van der Waals surface area (Å²) in [6.07, 6.45) is 0.952. The van der Waals surface area contributed by atoms with Crippen LogP contribution in [0.2, 0.25) is 0 Å². The lowest BCUT2D eigenvalue weighted by Gasteiger charge is -2.19. The number of carbonyl (C=O) groups excluding carboxylic acids is 1. The number of nitrogens with one attached hydrogen (secondary N) is 2. The molecular formula is C13H22N2O2S. The average Bonchev–Trinajstić information content (AvgIpc) is 2.81. The standard InChI is InChI=1S/C13H22N2O2S/c1-10(9-12-5-4-8-18-12)15-11(2)13(16)14-6-7-17-3/h4-5,8,10-11,15H,6-7,9H2,1-3H3,(H,14,16). The Morgan fingerprint density at radius 1 is 1.50 bits per heavy atom. The van der Waals surface area contributed by atoms with Crippen LogP contribution in [-0.4, -0.2) is 38.3 Å². The molecule has 1 heterocycles. The predicted molar refractivity (Wildman–Crippen MR) is 75.0 cm³/mol. The molecule has 0 fully saturated rings. The highest BCUT2D eigenvalue weighted by molar-refractivity contribution is 7.09. The van der Waals surface area contributed by atoms with Crippen LogP contribution in [0.3, 0.4) is 0 Å². The molecule has 2 N–H and O–H groups in total. The molecular weight excluding hydrogens is 248 g/mol. The Labute approximate surface area is 113 Å². The third-order valence-corrected chi connectivity index (χ3v) is 3.52. The van der Waals surface area contributed by atoms with Gasteiger partial charge in [0, 0.05) is 24.6 Å². The largest absolute Gasteiger partial charge is 0.383 e. The lowest BCUT2D eigenvalue weighted by molar-refractivity contribution is -0.123. The summed E-state index contributed by atoms with van der Waals surface area (Å²) in [5, 5.41) is 8.19. The molecule has 0 radical (unpaired) electrons. The molecule has 0 spiro atoms. The van der Waals surface area contributed by atoms with Crippen LogP contribution in [0.25, 0.3) is 0 Å². The number of methoxy groups -OCH3 is 1. The van der Waals surface area contributed by atoms with E-state index in [9.17, 15) is 4.79 Å². The lowest BCUT2D eigenvalue weighted by atomic mass is 10.2. The van der Waals surface area contributed by atoms with Gasteiger partial charge in [-0.1, -0.05) is 6.07 Å². The van der Waals surface area contributed by atoms with Crippen LogP contribution >= 0.6 is 11.3 Å². The first-order valence-corrected chi connectivity index (χ1v) is 7.06. The Morgan fingerprint density at radius 3 is 2.89 bits per heavy atom. The first-order valence-electron chi connectivity index (χ1n) is 6.18. The fraction of sp³-hybridized carbons (Fsp3) is 0.615. The summed E-state index contributed by atoms with van der Waals surface area (Å²) < 4.78 is 4.89. The Morgan fingerprint density at radius 2 is 2.28 bits per heavy atom. The zero-order chi connectivity index (χ0) is 13.4. The van der Waals surface area contributed by atoms with Gasteiger partial charge in [-0.05, 0) is 31.7 Å². The molecule has 102 valence electrons. The number of ether oxygens (including phenoxy) is 1. The minimum absolute atomic E-state index is 0.0186. The van der Waals surface area contributed by atoms with Crippen molar-refractivity contribution in [2.75, 3.05) is 20.3 Å². The number of rotatable bonds is 8. The summed E-state index contributed by atoms with van der Waals surface area (Å²) in [7, 11) is 1.62. The third-order valence-electron chi connectivity index (χ3n) is 2.62. The van der Waals surface area contributed by atoms with Crippen molar-refractivity contribution in [2.45, 2.75) is 32.4 Å². The fourth-order valence-electron chi connectivity index (χ4n) is 1.72. The minimum atomic E-state index is -0.184. The summed E-state index contributed by atoms with van der Waals surface area (Å²) in [6.45, 7) is 5.08. The summed E-state index contributed by atoms with van der Waals surface area (Å²) in [6, 6.07) is 4.27. The van der Waals surface area contributed by atoms with Crippen LogP contribution in [-0.2, 0) is 16.0 Å². The second kappa shape index (κ2) is 8.24. The van der Waals surface area contributed by atoms with E-state index in [2.05, 4.69) is 29.0 Å². The first kappa shape index (κ1) is 15.1. The van der Waals surface area contributed by atoms with Gasteiger partial charge < -0.3 is 15.4 Å². The van der Waals surface area contributed by atoms with Gasteiger partial charge in [0.05, 0.1) is 12.6 Å². The van der Waals surface area contributed by atoms with Crippen LogP contribution in [0.4, 0.5) is 0 Å². The number of amides is 1. The number of carbonyl (C=O) groups is 1. The molecule has 2 atom stereocenters. The summed E-state index contributed by atoms with van der Waals surface area (Å²) in [5.74, 6) is 0.0186. The molecule has 4 nitrogen and oxygen atoms in total. The van der Waals surface area contributed by atoms with Crippen molar-refractivity contribution in [3.8, 4) is 0 Å². The fourth-order valence-corrected chi connectivity index (χ4v) is 2.56. The van der Waals surface area contributed by atoms with Gasteiger partial charge in [0.25, 0.3) is 0 Å². The molecule has 0 aliphatic carbocycles. The van der Waals surface area contributed by atoms with Crippen LogP contribution < -0.4 is 10.6 Å². The van der Waals surface area contributed by atoms with Crippen LogP contribution in [0.15, 0.2) is 17.5 Å². The van der Waals surface area contributed by atoms with Gasteiger partial charge in [-0.15, -0.1) is 11.3 Å². The normalized spacial score (nSPS) is 14.2. The van der Waals surface area contributed by atoms with Gasteiger partial charge in [0.1, 0.15) is 0 Å². The van der Waals surface area contributed by atoms with Crippen molar-refractivity contribution in [1.82, 2.24) is 10.6 Å². The van der Waals surface area contributed by atoms with Gasteiger partial charge in [-0.25, -0.2) is 0 Å². The van der Waals surface area contributed by atoms with Crippen molar-refractivity contribution < 1.29 is 9.53 Å². The Balaban J connectivity index is 2.25. The Hall–Kier alpha value is -0.910. The van der Waals surface area contributed by atoms with Gasteiger partial charge in [0.2, 0.25) is 5.91 Å². The molecule has 0 saturated carbocycles. The van der Waals surface area contributed by atoms with Crippen molar-refractivity contribution in [3.63, 3.8) is 0 Å². The van der Waals surface area contributed by atoms with E-state index < -0.39 is 0 Å². The maximum atomic E-state index is 11.7. The summed E-state index contributed by atoms with van der Waals surface area (Å²) >= 11 is 1.75. The monoisotopic (exact) mass is 270 g/mol. The SMILES string of the molecule is COCCNC(=O)C(C)NC(C)Cc1cccs1. The molecule has 0 aliphatic rings. The molecule has 0 bridgehead atoms. The molecule has 0 aromatic carbocycles. The van der Waals surface area contributed by atoms with E-state index in [1.54, 1.807) is 18.4 Å². The van der Waals surface area contributed by atoms with E-state index in [-0.39, 0.29) is 18.0 Å². The van der Waals surface area contributed by atoms with Crippen molar-refractivity contribution >= 4 is 17.2 Å². The van der Waals surface area contributed by atoms with Crippen LogP contribution in [0.5, 0.6) is 0 Å². The highest BCUT2D eigenvalue weighted by Gasteiger charge is 2.15. The topological polar surface area (TPSA) is 50.4 Å². The van der Waals surface area contributed by atoms with Gasteiger partial charge >= 0.3 is 0 Å². The molecule has 1 rings (SSSR count). The smallest absolute Gasteiger partial charge is 0.236 e. The Kier molecular flexibility index (Phi) is 6.93. The molecule has 5 heteroatoms. The van der Waals surface area contributed by atoms with Crippen LogP contribution in [0.1, 0.15) is 18.7 Å². The first-order chi connectivity index (χ1) is 8.63. The van der Waals surface area contributed by atoms with Crippen molar-refractivity contribution in [1.29, 1.82) is 0 Å². The van der Waals surface area contributed by atoms with Gasteiger partial charge in [-0.2, -0.15) is 0 Å². The zero-order valence-electron chi connectivity index (χ0n) is 11.2. The van der Waals surface area contributed by atoms with E-state index in [0.717, 1.165) is 6.42 Å². The average molecular weight is 270 g/mol. The molecule has 1 aromatic heterocycles. The Bertz CT molecular complexity index is 341. The van der Waals surface area contributed by atoms with E-state index in [4.69, 9.17) is 4.74 Å². The summed E-state index contributed by atoms with van der Waals surface area (Å²) in [5.41, 5.74) is 0. The molecule has 1 amide bonds. The van der Waals surface area contributed by atoms with Crippen LogP contribution in [0, 0.1) is 0 Å². The zero-order valence-corrected chi connectivity index (χ0v) is 12.0. The highest BCUT2D eigenvalue weighted by Crippen LogP contribution is 2.11. The van der Waals surface area contributed by atoms with E-state index >= 15 is 0 Å². The lowest BCUT2D eigenvalue weighted by Crippen LogP contribution is -2.46. The van der Waals surface area contributed by atoms with Gasteiger partial charge in [0.15, 0.2) is 0 Å². The molecule has 2 unspecified atom stereocenters. The van der Waals surface area contributed by atoms with Crippen molar-refractivity contribution in [3.05, 3.63) is 22.4 Å². The molecule has 0 aliphatic heterocycles. The second-order valence-electron chi connectivity index (χ2n) is 4.36. The predicted octanol–water partition coefficient (Wildman–Crippen LogP) is 1.42. The van der Waals surface area contributed by atoms with Crippen molar-refractivity contribution in [2.24, 2.45) is 0 Å². The number of thiophene rings is 1. The third kappa shape index (κ3) is 5.62. The highest BCUT2D eigenvalue weighted by atomic mass is 32.1. The van der Waals surface area contributed by atoms with E-state index in [0.29, 0.717) is 13.2 Å². The maximum absolute atomic E-state index is 11.7. The molecule has 0 saturated heterocycles. The minimum Gasteiger partial charge on any atom is -0.383 e. The van der Waals surface area contributed by atoms with E-state index in [1.165, 1.54) is 4.88 Å². The second-order valence-corrected chi connectivity index (χ2v) is 5.39. The molecule has 1 aromatic rings. The number of hydrogen-bond acceptors (Lipinski definition) is 4. The number of hydrogen-bond donors (Lipinski definition) is 2. The summed E-state index contributed by atoms with van der Waals surface area (Å²) in [4.78, 5) is 13.1. The van der Waals surface area contributed by atoms with E-state index in [1.807, 2.05) is 13.0 Å². The quantitative estimate of drug-likeness (QED) is 0.702.